The van der Waals surface area contributed by atoms with Crippen molar-refractivity contribution in [3.05, 3.63) is 34.3 Å². The van der Waals surface area contributed by atoms with Gasteiger partial charge in [0.25, 0.3) is 0 Å². The molecule has 2 aromatic rings. The summed E-state index contributed by atoms with van der Waals surface area (Å²) in [5, 5.41) is 4.56. The molecule has 0 saturated heterocycles. The van der Waals surface area contributed by atoms with Crippen molar-refractivity contribution in [2.75, 3.05) is 5.73 Å². The highest BCUT2D eigenvalue weighted by Crippen LogP contribution is 2.33. The molecule has 0 aliphatic carbocycles. The molecule has 0 aliphatic heterocycles. The van der Waals surface area contributed by atoms with Gasteiger partial charge in [-0.15, -0.1) is 0 Å². The van der Waals surface area contributed by atoms with Gasteiger partial charge < -0.3 is 5.73 Å². The Bertz CT molecular complexity index is 558. The van der Waals surface area contributed by atoms with Crippen LogP contribution in [0.5, 0.6) is 0 Å². The zero-order valence-corrected chi connectivity index (χ0v) is 12.5. The number of halogens is 1. The molecule has 0 saturated carbocycles. The lowest BCUT2D eigenvalue weighted by Crippen LogP contribution is -2.02. The van der Waals surface area contributed by atoms with Crippen molar-refractivity contribution in [2.24, 2.45) is 13.0 Å². The molecule has 0 radical (unpaired) electrons. The lowest BCUT2D eigenvalue weighted by molar-refractivity contribution is 0.648. The first-order valence-corrected chi connectivity index (χ1v) is 6.86. The van der Waals surface area contributed by atoms with E-state index in [0.29, 0.717) is 5.92 Å². The molecule has 18 heavy (non-hydrogen) atoms. The maximum atomic E-state index is 6.12. The summed E-state index contributed by atoms with van der Waals surface area (Å²) in [4.78, 5) is 0. The van der Waals surface area contributed by atoms with Crippen LogP contribution < -0.4 is 5.73 Å². The molecular weight excluding hydrogens is 290 g/mol. The largest absolute Gasteiger partial charge is 0.384 e. The number of nitrogens with two attached hydrogens (primary N) is 1. The number of rotatable bonds is 3. The van der Waals surface area contributed by atoms with Gasteiger partial charge in [0.2, 0.25) is 0 Å². The van der Waals surface area contributed by atoms with E-state index in [0.717, 1.165) is 33.5 Å². The standard InChI is InChI=1S/C14H18BrN3/c1-9(2)8-11-13(17-18(3)14(11)16)10-6-4-5-7-12(10)15/h4-7,9H,8,16H2,1-3H3. The maximum Gasteiger partial charge on any atom is 0.125 e. The zero-order valence-electron chi connectivity index (χ0n) is 10.9. The summed E-state index contributed by atoms with van der Waals surface area (Å²) in [7, 11) is 1.89. The Morgan fingerprint density at radius 1 is 1.33 bits per heavy atom. The predicted molar refractivity (Wildman–Crippen MR) is 79.3 cm³/mol. The molecule has 96 valence electrons. The lowest BCUT2D eigenvalue weighted by Gasteiger charge is -2.07. The van der Waals surface area contributed by atoms with Crippen LogP contribution in [0.15, 0.2) is 28.7 Å². The Balaban J connectivity index is 2.57. The molecule has 0 aliphatic rings. The van der Waals surface area contributed by atoms with Crippen LogP contribution in [-0.4, -0.2) is 9.78 Å². The average molecular weight is 308 g/mol. The number of hydrogen-bond donors (Lipinski definition) is 1. The van der Waals surface area contributed by atoms with Gasteiger partial charge in [-0.1, -0.05) is 48.0 Å². The Labute approximate surface area is 116 Å². The minimum atomic E-state index is 0.553. The van der Waals surface area contributed by atoms with Gasteiger partial charge in [-0.25, -0.2) is 0 Å². The molecule has 0 fully saturated rings. The fraction of sp³-hybridized carbons (Fsp3) is 0.357. The van der Waals surface area contributed by atoms with Gasteiger partial charge in [-0.3, -0.25) is 4.68 Å². The number of benzene rings is 1. The van der Waals surface area contributed by atoms with Crippen molar-refractivity contribution in [3.63, 3.8) is 0 Å². The van der Waals surface area contributed by atoms with Gasteiger partial charge in [0.15, 0.2) is 0 Å². The molecule has 1 aromatic heterocycles. The predicted octanol–water partition coefficient (Wildman–Crippen LogP) is 3.63. The molecule has 0 bridgehead atoms. The Morgan fingerprint density at radius 2 is 2.00 bits per heavy atom. The van der Waals surface area contributed by atoms with Gasteiger partial charge >= 0.3 is 0 Å². The highest BCUT2D eigenvalue weighted by molar-refractivity contribution is 9.10. The third-order valence-electron chi connectivity index (χ3n) is 2.94. The second-order valence-electron chi connectivity index (χ2n) is 4.91. The van der Waals surface area contributed by atoms with Crippen molar-refractivity contribution < 1.29 is 0 Å². The molecule has 0 atom stereocenters. The Morgan fingerprint density at radius 3 is 2.61 bits per heavy atom. The molecule has 2 N–H and O–H groups in total. The second kappa shape index (κ2) is 5.14. The number of hydrogen-bond acceptors (Lipinski definition) is 2. The highest BCUT2D eigenvalue weighted by Gasteiger charge is 2.17. The number of anilines is 1. The number of nitrogens with zero attached hydrogens (tertiary/aromatic N) is 2. The van der Waals surface area contributed by atoms with Gasteiger partial charge in [0.05, 0.1) is 5.69 Å². The fourth-order valence-corrected chi connectivity index (χ4v) is 2.53. The monoisotopic (exact) mass is 307 g/mol. The summed E-state index contributed by atoms with van der Waals surface area (Å²) in [6.07, 6.45) is 0.941. The van der Waals surface area contributed by atoms with Crippen molar-refractivity contribution in [2.45, 2.75) is 20.3 Å². The lowest BCUT2D eigenvalue weighted by atomic mass is 9.99. The van der Waals surface area contributed by atoms with Crippen molar-refractivity contribution in [1.82, 2.24) is 9.78 Å². The van der Waals surface area contributed by atoms with E-state index in [1.54, 1.807) is 4.68 Å². The molecule has 4 heteroatoms. The molecule has 3 nitrogen and oxygen atoms in total. The Hall–Kier alpha value is -1.29. The van der Waals surface area contributed by atoms with Gasteiger partial charge in [0, 0.05) is 22.6 Å². The first kappa shape index (κ1) is 13.1. The molecule has 0 spiro atoms. The van der Waals surface area contributed by atoms with Crippen molar-refractivity contribution in [3.8, 4) is 11.3 Å². The van der Waals surface area contributed by atoms with E-state index in [2.05, 4.69) is 40.9 Å². The SMILES string of the molecule is CC(C)Cc1c(-c2ccccc2Br)nn(C)c1N. The summed E-state index contributed by atoms with van der Waals surface area (Å²) in [6, 6.07) is 8.11. The molecular formula is C14H18BrN3. The smallest absolute Gasteiger partial charge is 0.125 e. The normalized spacial score (nSPS) is 11.2. The van der Waals surface area contributed by atoms with Crippen LogP contribution >= 0.6 is 15.9 Å². The fourth-order valence-electron chi connectivity index (χ4n) is 2.06. The third-order valence-corrected chi connectivity index (χ3v) is 3.63. The first-order chi connectivity index (χ1) is 8.50. The molecule has 0 amide bonds. The van der Waals surface area contributed by atoms with Crippen LogP contribution in [0.4, 0.5) is 5.82 Å². The second-order valence-corrected chi connectivity index (χ2v) is 5.77. The van der Waals surface area contributed by atoms with E-state index in [4.69, 9.17) is 5.73 Å². The third kappa shape index (κ3) is 2.43. The molecule has 2 rings (SSSR count). The molecule has 1 aromatic carbocycles. The van der Waals surface area contributed by atoms with Crippen LogP contribution in [0.1, 0.15) is 19.4 Å². The topological polar surface area (TPSA) is 43.8 Å². The van der Waals surface area contributed by atoms with E-state index in [9.17, 15) is 0 Å². The number of aryl methyl sites for hydroxylation is 1. The summed E-state index contributed by atoms with van der Waals surface area (Å²) in [6.45, 7) is 4.38. The maximum absolute atomic E-state index is 6.12. The van der Waals surface area contributed by atoms with Crippen molar-refractivity contribution >= 4 is 21.7 Å². The zero-order chi connectivity index (χ0) is 13.3. The van der Waals surface area contributed by atoms with Crippen LogP contribution in [0.25, 0.3) is 11.3 Å². The number of nitrogen functional groups attached to an aromatic ring is 1. The minimum Gasteiger partial charge on any atom is -0.384 e. The summed E-state index contributed by atoms with van der Waals surface area (Å²) >= 11 is 3.58. The van der Waals surface area contributed by atoms with E-state index in [1.807, 2.05) is 25.2 Å². The van der Waals surface area contributed by atoms with Crippen LogP contribution in [0, 0.1) is 5.92 Å². The van der Waals surface area contributed by atoms with E-state index >= 15 is 0 Å². The molecule has 0 unspecified atom stereocenters. The summed E-state index contributed by atoms with van der Waals surface area (Å²) in [5.41, 5.74) is 9.34. The van der Waals surface area contributed by atoms with Crippen molar-refractivity contribution in [1.29, 1.82) is 0 Å². The highest BCUT2D eigenvalue weighted by atomic mass is 79.9. The molecule has 1 heterocycles. The quantitative estimate of drug-likeness (QED) is 0.941. The minimum absolute atomic E-state index is 0.553. The van der Waals surface area contributed by atoms with Crippen LogP contribution in [0.3, 0.4) is 0 Å². The van der Waals surface area contributed by atoms with Gasteiger partial charge in [0.1, 0.15) is 5.82 Å². The van der Waals surface area contributed by atoms with Gasteiger partial charge in [-0.2, -0.15) is 5.10 Å². The van der Waals surface area contributed by atoms with Crippen LogP contribution in [-0.2, 0) is 13.5 Å². The van der Waals surface area contributed by atoms with Crippen LogP contribution in [0.2, 0.25) is 0 Å². The van der Waals surface area contributed by atoms with E-state index in [-0.39, 0.29) is 0 Å². The van der Waals surface area contributed by atoms with E-state index < -0.39 is 0 Å². The summed E-state index contributed by atoms with van der Waals surface area (Å²) < 4.78 is 2.81. The Kier molecular flexibility index (Phi) is 3.76. The number of aromatic nitrogens is 2. The summed E-state index contributed by atoms with van der Waals surface area (Å²) in [5.74, 6) is 1.31. The first-order valence-electron chi connectivity index (χ1n) is 6.07. The average Bonchev–Trinajstić information content (AvgIpc) is 2.57. The van der Waals surface area contributed by atoms with Gasteiger partial charge in [-0.05, 0) is 18.4 Å². The van der Waals surface area contributed by atoms with E-state index in [1.165, 1.54) is 0 Å².